The molecule has 0 heterocycles. The summed E-state index contributed by atoms with van der Waals surface area (Å²) in [7, 11) is 0. The van der Waals surface area contributed by atoms with Crippen LogP contribution in [0.2, 0.25) is 5.02 Å². The van der Waals surface area contributed by atoms with Gasteiger partial charge < -0.3 is 10.6 Å². The first kappa shape index (κ1) is 14.2. The van der Waals surface area contributed by atoms with E-state index in [2.05, 4.69) is 33.1 Å². The topological polar surface area (TPSA) is 41.1 Å². The van der Waals surface area contributed by atoms with E-state index in [0.717, 1.165) is 6.07 Å². The van der Waals surface area contributed by atoms with Gasteiger partial charge in [0.25, 0.3) is 0 Å². The van der Waals surface area contributed by atoms with Crippen LogP contribution < -0.4 is 10.6 Å². The van der Waals surface area contributed by atoms with Gasteiger partial charge in [-0.2, -0.15) is 0 Å². The van der Waals surface area contributed by atoms with Crippen LogP contribution >= 0.6 is 27.5 Å². The first-order valence-corrected chi connectivity index (χ1v) is 5.97. The number of amides is 1. The standard InChI is InChI=1S/C11H11BrClFN2O/c1-2-3-15-6-10(17)16-11-8(12)4-7(14)5-9(11)13/h2,4-5,15H,1,3,6H2,(H,16,17). The summed E-state index contributed by atoms with van der Waals surface area (Å²) in [6.45, 7) is 4.18. The van der Waals surface area contributed by atoms with Gasteiger partial charge in [-0.05, 0) is 28.1 Å². The lowest BCUT2D eigenvalue weighted by Gasteiger charge is -2.09. The Hall–Kier alpha value is -0.910. The molecule has 0 aliphatic carbocycles. The Morgan fingerprint density at radius 1 is 1.59 bits per heavy atom. The van der Waals surface area contributed by atoms with Gasteiger partial charge in [0.15, 0.2) is 0 Å². The Labute approximate surface area is 112 Å². The average molecular weight is 322 g/mol. The summed E-state index contributed by atoms with van der Waals surface area (Å²) in [6, 6.07) is 2.37. The van der Waals surface area contributed by atoms with Gasteiger partial charge in [-0.15, -0.1) is 6.58 Å². The number of nitrogens with one attached hydrogen (secondary N) is 2. The lowest BCUT2D eigenvalue weighted by atomic mass is 10.3. The van der Waals surface area contributed by atoms with Gasteiger partial charge >= 0.3 is 0 Å². The van der Waals surface area contributed by atoms with Crippen molar-refractivity contribution in [3.05, 3.63) is 40.1 Å². The molecule has 0 saturated carbocycles. The van der Waals surface area contributed by atoms with Crippen LogP contribution in [0.15, 0.2) is 29.3 Å². The molecule has 92 valence electrons. The monoisotopic (exact) mass is 320 g/mol. The molecule has 0 aromatic heterocycles. The Balaban J connectivity index is 2.68. The molecule has 1 aromatic rings. The zero-order valence-electron chi connectivity index (χ0n) is 8.90. The molecular weight excluding hydrogens is 310 g/mol. The van der Waals surface area contributed by atoms with Crippen molar-refractivity contribution >= 4 is 39.1 Å². The fourth-order valence-electron chi connectivity index (χ4n) is 1.13. The molecule has 0 atom stereocenters. The summed E-state index contributed by atoms with van der Waals surface area (Å²) in [5.74, 6) is -0.731. The molecule has 0 aliphatic heterocycles. The van der Waals surface area contributed by atoms with Crippen LogP contribution in [0.4, 0.5) is 10.1 Å². The van der Waals surface area contributed by atoms with E-state index in [1.807, 2.05) is 0 Å². The Kier molecular flexibility index (Phi) is 5.61. The summed E-state index contributed by atoms with van der Waals surface area (Å²) in [4.78, 5) is 11.5. The van der Waals surface area contributed by atoms with Crippen LogP contribution in [0.25, 0.3) is 0 Å². The molecule has 0 unspecified atom stereocenters. The number of halogens is 3. The van der Waals surface area contributed by atoms with E-state index in [9.17, 15) is 9.18 Å². The molecule has 1 rings (SSSR count). The second kappa shape index (κ2) is 6.74. The maximum Gasteiger partial charge on any atom is 0.238 e. The fraction of sp³-hybridized carbons (Fsp3) is 0.182. The lowest BCUT2D eigenvalue weighted by Crippen LogP contribution is -2.28. The number of benzene rings is 1. The van der Waals surface area contributed by atoms with Gasteiger partial charge in [0.1, 0.15) is 5.82 Å². The van der Waals surface area contributed by atoms with E-state index in [1.165, 1.54) is 6.07 Å². The van der Waals surface area contributed by atoms with Crippen molar-refractivity contribution in [1.82, 2.24) is 5.32 Å². The molecular formula is C11H11BrClFN2O. The van der Waals surface area contributed by atoms with E-state index < -0.39 is 5.82 Å². The Bertz CT molecular complexity index is 416. The summed E-state index contributed by atoms with van der Waals surface area (Å²) >= 11 is 8.95. The predicted molar refractivity (Wildman–Crippen MR) is 70.8 cm³/mol. The first-order chi connectivity index (χ1) is 8.04. The number of carbonyl (C=O) groups excluding carboxylic acids is 1. The van der Waals surface area contributed by atoms with Gasteiger partial charge in [0.2, 0.25) is 5.91 Å². The minimum Gasteiger partial charge on any atom is -0.323 e. The third-order valence-electron chi connectivity index (χ3n) is 1.85. The molecule has 2 N–H and O–H groups in total. The first-order valence-electron chi connectivity index (χ1n) is 4.80. The number of rotatable bonds is 5. The Morgan fingerprint density at radius 2 is 2.29 bits per heavy atom. The van der Waals surface area contributed by atoms with E-state index in [-0.39, 0.29) is 17.5 Å². The minimum absolute atomic E-state index is 0.131. The molecule has 0 saturated heterocycles. The minimum atomic E-state index is -0.468. The van der Waals surface area contributed by atoms with Crippen LogP contribution in [0.1, 0.15) is 0 Å². The van der Waals surface area contributed by atoms with E-state index in [4.69, 9.17) is 11.6 Å². The van der Waals surface area contributed by atoms with Crippen molar-refractivity contribution in [1.29, 1.82) is 0 Å². The van der Waals surface area contributed by atoms with Crippen molar-refractivity contribution in [2.45, 2.75) is 0 Å². The Morgan fingerprint density at radius 3 is 2.88 bits per heavy atom. The van der Waals surface area contributed by atoms with Gasteiger partial charge in [-0.25, -0.2) is 4.39 Å². The maximum absolute atomic E-state index is 12.9. The van der Waals surface area contributed by atoms with Gasteiger partial charge in [-0.1, -0.05) is 17.7 Å². The summed E-state index contributed by atoms with van der Waals surface area (Å²) in [5, 5.41) is 5.57. The van der Waals surface area contributed by atoms with Gasteiger partial charge in [-0.3, -0.25) is 4.79 Å². The maximum atomic E-state index is 12.9. The SMILES string of the molecule is C=CCNCC(=O)Nc1c(Cl)cc(F)cc1Br. The second-order valence-electron chi connectivity index (χ2n) is 3.21. The number of anilines is 1. The van der Waals surface area contributed by atoms with E-state index in [0.29, 0.717) is 16.7 Å². The van der Waals surface area contributed by atoms with Crippen molar-refractivity contribution < 1.29 is 9.18 Å². The highest BCUT2D eigenvalue weighted by atomic mass is 79.9. The molecule has 1 amide bonds. The summed E-state index contributed by atoms with van der Waals surface area (Å²) in [5.41, 5.74) is 0.360. The molecule has 0 radical (unpaired) electrons. The molecule has 0 fully saturated rings. The highest BCUT2D eigenvalue weighted by Crippen LogP contribution is 2.31. The lowest BCUT2D eigenvalue weighted by molar-refractivity contribution is -0.115. The zero-order valence-corrected chi connectivity index (χ0v) is 11.2. The normalized spacial score (nSPS) is 10.1. The number of carbonyl (C=O) groups is 1. The smallest absolute Gasteiger partial charge is 0.238 e. The van der Waals surface area contributed by atoms with Crippen LogP contribution in [0.3, 0.4) is 0 Å². The van der Waals surface area contributed by atoms with Crippen molar-refractivity contribution in [2.75, 3.05) is 18.4 Å². The highest BCUT2D eigenvalue weighted by Gasteiger charge is 2.10. The molecule has 0 aliphatic rings. The zero-order chi connectivity index (χ0) is 12.8. The van der Waals surface area contributed by atoms with Crippen LogP contribution in [-0.2, 0) is 4.79 Å². The van der Waals surface area contributed by atoms with E-state index in [1.54, 1.807) is 6.08 Å². The molecule has 17 heavy (non-hydrogen) atoms. The quantitative estimate of drug-likeness (QED) is 0.647. The third kappa shape index (κ3) is 4.46. The van der Waals surface area contributed by atoms with Crippen molar-refractivity contribution in [3.8, 4) is 0 Å². The van der Waals surface area contributed by atoms with Crippen molar-refractivity contribution in [3.63, 3.8) is 0 Å². The molecule has 1 aromatic carbocycles. The molecule has 0 spiro atoms. The molecule has 3 nitrogen and oxygen atoms in total. The number of hydrogen-bond acceptors (Lipinski definition) is 2. The summed E-state index contributed by atoms with van der Waals surface area (Å²) in [6.07, 6.45) is 1.65. The molecule has 6 heteroatoms. The van der Waals surface area contributed by atoms with Crippen LogP contribution in [0.5, 0.6) is 0 Å². The van der Waals surface area contributed by atoms with Crippen molar-refractivity contribution in [2.24, 2.45) is 0 Å². The van der Waals surface area contributed by atoms with Crippen LogP contribution in [-0.4, -0.2) is 19.0 Å². The predicted octanol–water partition coefficient (Wildman–Crippen LogP) is 2.96. The summed E-state index contributed by atoms with van der Waals surface area (Å²) < 4.78 is 13.3. The van der Waals surface area contributed by atoms with Crippen LogP contribution in [0, 0.1) is 5.82 Å². The second-order valence-corrected chi connectivity index (χ2v) is 4.47. The number of hydrogen-bond donors (Lipinski definition) is 2. The third-order valence-corrected chi connectivity index (χ3v) is 2.77. The van der Waals surface area contributed by atoms with Gasteiger partial charge in [0.05, 0.1) is 17.3 Å². The fourth-order valence-corrected chi connectivity index (χ4v) is 2.03. The largest absolute Gasteiger partial charge is 0.323 e. The van der Waals surface area contributed by atoms with E-state index >= 15 is 0 Å². The highest BCUT2D eigenvalue weighted by molar-refractivity contribution is 9.10. The van der Waals surface area contributed by atoms with Gasteiger partial charge in [0, 0.05) is 11.0 Å². The average Bonchev–Trinajstić information content (AvgIpc) is 2.24. The molecule has 0 bridgehead atoms.